The van der Waals surface area contributed by atoms with E-state index in [0.717, 1.165) is 0 Å². The molecule has 114 valence electrons. The van der Waals surface area contributed by atoms with E-state index in [0.29, 0.717) is 25.7 Å². The molecule has 0 saturated heterocycles. The number of carboxylic acids is 1. The average Bonchev–Trinajstić information content (AvgIpc) is 3.06. The summed E-state index contributed by atoms with van der Waals surface area (Å²) in [5.41, 5.74) is -0.803. The number of aryl methyl sites for hydroxylation is 1. The maximum Gasteiger partial charge on any atom is 0.330 e. The number of aromatic nitrogens is 3. The van der Waals surface area contributed by atoms with Gasteiger partial charge in [-0.05, 0) is 19.4 Å². The van der Waals surface area contributed by atoms with Crippen LogP contribution in [0.15, 0.2) is 26.5 Å². The molecular weight excluding hydrogens is 310 g/mol. The number of rotatable bonds is 3. The molecule has 0 unspecified atom stereocenters. The molecule has 0 fully saturated rings. The first-order chi connectivity index (χ1) is 10.4. The molecule has 1 atom stereocenters. The maximum atomic E-state index is 12.5. The third-order valence-electron chi connectivity index (χ3n) is 3.39. The minimum atomic E-state index is -1.26. The van der Waals surface area contributed by atoms with Gasteiger partial charge in [-0.2, -0.15) is 0 Å². The number of thiophene rings is 1. The minimum absolute atomic E-state index is 0.269. The van der Waals surface area contributed by atoms with Gasteiger partial charge in [0.15, 0.2) is 0 Å². The lowest BCUT2D eigenvalue weighted by atomic mass is 10.2. The Balaban J connectivity index is 2.37. The van der Waals surface area contributed by atoms with Gasteiger partial charge in [0.25, 0.3) is 5.56 Å². The van der Waals surface area contributed by atoms with E-state index in [2.05, 4.69) is 9.97 Å². The van der Waals surface area contributed by atoms with E-state index in [4.69, 9.17) is 9.52 Å². The molecule has 0 aliphatic rings. The van der Waals surface area contributed by atoms with Crippen LogP contribution in [0.4, 0.5) is 0 Å². The number of aromatic amines is 1. The monoisotopic (exact) mass is 321 g/mol. The number of hydrogen-bond donors (Lipinski definition) is 2. The zero-order valence-corrected chi connectivity index (χ0v) is 12.4. The van der Waals surface area contributed by atoms with Gasteiger partial charge in [-0.3, -0.25) is 9.78 Å². The Hall–Kier alpha value is -2.68. The second-order valence-corrected chi connectivity index (χ2v) is 5.74. The molecule has 0 radical (unpaired) electrons. The van der Waals surface area contributed by atoms with Gasteiger partial charge in [-0.1, -0.05) is 0 Å². The van der Waals surface area contributed by atoms with Gasteiger partial charge in [-0.25, -0.2) is 19.1 Å². The molecule has 0 saturated carbocycles. The molecule has 3 aromatic rings. The smallest absolute Gasteiger partial charge is 0.330 e. The van der Waals surface area contributed by atoms with Gasteiger partial charge in [-0.15, -0.1) is 11.3 Å². The van der Waals surface area contributed by atoms with Crippen LogP contribution in [0.3, 0.4) is 0 Å². The number of carboxylic acid groups (broad SMARTS) is 1. The molecule has 0 aliphatic heterocycles. The number of fused-ring (bicyclic) bond motifs is 1. The molecule has 2 N–H and O–H groups in total. The number of hydrogen-bond acceptors (Lipinski definition) is 6. The third kappa shape index (κ3) is 1.98. The second kappa shape index (κ2) is 4.95. The highest BCUT2D eigenvalue weighted by atomic mass is 32.1. The van der Waals surface area contributed by atoms with Crippen LogP contribution in [-0.2, 0) is 4.79 Å². The number of aliphatic carboxylic acids is 1. The van der Waals surface area contributed by atoms with Gasteiger partial charge in [0.05, 0.1) is 16.5 Å². The topological polar surface area (TPSA) is 118 Å². The van der Waals surface area contributed by atoms with Crippen molar-refractivity contribution in [2.45, 2.75) is 19.9 Å². The van der Waals surface area contributed by atoms with Gasteiger partial charge in [0, 0.05) is 0 Å². The highest BCUT2D eigenvalue weighted by Gasteiger charge is 2.23. The summed E-state index contributed by atoms with van der Waals surface area (Å²) in [5.74, 6) is -0.912. The van der Waals surface area contributed by atoms with Crippen LogP contribution in [0.25, 0.3) is 21.0 Å². The first-order valence-electron chi connectivity index (χ1n) is 6.32. The zero-order chi connectivity index (χ0) is 16.0. The summed E-state index contributed by atoms with van der Waals surface area (Å²) >= 11 is 1.17. The lowest BCUT2D eigenvalue weighted by Crippen LogP contribution is -2.39. The molecule has 0 aromatic carbocycles. The second-order valence-electron chi connectivity index (χ2n) is 4.72. The van der Waals surface area contributed by atoms with Crippen molar-refractivity contribution in [3.05, 3.63) is 38.9 Å². The fourth-order valence-corrected chi connectivity index (χ4v) is 3.36. The van der Waals surface area contributed by atoms with Gasteiger partial charge in [0.2, 0.25) is 5.89 Å². The Morgan fingerprint density at radius 1 is 1.50 bits per heavy atom. The molecule has 3 aromatic heterocycles. The highest BCUT2D eigenvalue weighted by Crippen LogP contribution is 2.34. The molecule has 3 heterocycles. The van der Waals surface area contributed by atoms with Crippen molar-refractivity contribution in [2.75, 3.05) is 0 Å². The molecule has 0 spiro atoms. The molecule has 3 rings (SSSR count). The normalized spacial score (nSPS) is 12.6. The quantitative estimate of drug-likeness (QED) is 0.752. The van der Waals surface area contributed by atoms with Crippen molar-refractivity contribution >= 4 is 27.5 Å². The van der Waals surface area contributed by atoms with Gasteiger partial charge >= 0.3 is 11.7 Å². The Morgan fingerprint density at radius 2 is 2.23 bits per heavy atom. The number of carbonyl (C=O) groups is 1. The van der Waals surface area contributed by atoms with E-state index in [-0.39, 0.29) is 5.39 Å². The maximum absolute atomic E-state index is 12.5. The summed E-state index contributed by atoms with van der Waals surface area (Å²) in [6, 6.07) is -1.26. The fraction of sp³-hybridized carbons (Fsp3) is 0.231. The minimum Gasteiger partial charge on any atom is -0.480 e. The van der Waals surface area contributed by atoms with E-state index in [9.17, 15) is 14.4 Å². The zero-order valence-electron chi connectivity index (χ0n) is 11.6. The van der Waals surface area contributed by atoms with Crippen LogP contribution in [-0.4, -0.2) is 25.6 Å². The standard InChI is InChI=1S/C13H11N3O5S/c1-5-7-10(22-8(5)9-14-3-4-21-9)15-13(20)16(11(7)17)6(2)12(18)19/h3-4,6H,1-2H3,(H,15,20)(H,18,19)/t6-/m0/s1. The molecule has 0 bridgehead atoms. The summed E-state index contributed by atoms with van der Waals surface area (Å²) in [6.45, 7) is 2.98. The summed E-state index contributed by atoms with van der Waals surface area (Å²) < 4.78 is 5.92. The lowest BCUT2D eigenvalue weighted by Gasteiger charge is -2.08. The fourth-order valence-electron chi connectivity index (χ4n) is 2.23. The van der Waals surface area contributed by atoms with Crippen molar-refractivity contribution in [3.63, 3.8) is 0 Å². The van der Waals surface area contributed by atoms with Gasteiger partial charge in [0.1, 0.15) is 17.1 Å². The number of nitrogens with one attached hydrogen (secondary N) is 1. The summed E-state index contributed by atoms with van der Waals surface area (Å²) in [4.78, 5) is 43.2. The van der Waals surface area contributed by atoms with Crippen LogP contribution in [0.1, 0.15) is 18.5 Å². The third-order valence-corrected chi connectivity index (χ3v) is 4.59. The Morgan fingerprint density at radius 3 is 2.82 bits per heavy atom. The van der Waals surface area contributed by atoms with Crippen LogP contribution in [0.5, 0.6) is 0 Å². The first-order valence-corrected chi connectivity index (χ1v) is 7.14. The van der Waals surface area contributed by atoms with Crippen LogP contribution in [0, 0.1) is 6.92 Å². The van der Waals surface area contributed by atoms with Crippen molar-refractivity contribution in [2.24, 2.45) is 0 Å². The number of nitrogens with zero attached hydrogens (tertiary/aromatic N) is 2. The van der Waals surface area contributed by atoms with Gasteiger partial charge < -0.3 is 9.52 Å². The highest BCUT2D eigenvalue weighted by molar-refractivity contribution is 7.22. The van der Waals surface area contributed by atoms with E-state index >= 15 is 0 Å². The first kappa shape index (κ1) is 14.3. The lowest BCUT2D eigenvalue weighted by molar-refractivity contribution is -0.140. The van der Waals surface area contributed by atoms with E-state index in [1.807, 2.05) is 0 Å². The van der Waals surface area contributed by atoms with E-state index < -0.39 is 23.3 Å². The summed E-state index contributed by atoms with van der Waals surface area (Å²) in [7, 11) is 0. The molecule has 9 heteroatoms. The molecular formula is C13H11N3O5S. The average molecular weight is 321 g/mol. The van der Waals surface area contributed by atoms with E-state index in [1.165, 1.54) is 30.7 Å². The van der Waals surface area contributed by atoms with Crippen molar-refractivity contribution in [3.8, 4) is 10.8 Å². The Kier molecular flexibility index (Phi) is 3.21. The van der Waals surface area contributed by atoms with E-state index in [1.54, 1.807) is 6.92 Å². The molecule has 22 heavy (non-hydrogen) atoms. The summed E-state index contributed by atoms with van der Waals surface area (Å²) in [6.07, 6.45) is 2.89. The largest absolute Gasteiger partial charge is 0.480 e. The SMILES string of the molecule is Cc1c(-c2ncco2)sc2[nH]c(=O)n([C@@H](C)C(=O)O)c(=O)c12. The predicted octanol–water partition coefficient (Wildman–Crippen LogP) is 1.36. The van der Waals surface area contributed by atoms with Crippen LogP contribution in [0.2, 0.25) is 0 Å². The molecule has 8 nitrogen and oxygen atoms in total. The number of oxazole rings is 1. The Bertz CT molecular complexity index is 980. The van der Waals surface area contributed by atoms with Crippen molar-refractivity contribution in [1.29, 1.82) is 0 Å². The molecule has 0 amide bonds. The predicted molar refractivity (Wildman–Crippen MR) is 79.3 cm³/mol. The van der Waals surface area contributed by atoms with Crippen LogP contribution >= 0.6 is 11.3 Å². The summed E-state index contributed by atoms with van der Waals surface area (Å²) in [5, 5.41) is 9.32. The molecule has 0 aliphatic carbocycles. The number of H-pyrrole nitrogens is 1. The Labute approximate surface area is 126 Å². The van der Waals surface area contributed by atoms with Crippen LogP contribution < -0.4 is 11.2 Å². The van der Waals surface area contributed by atoms with Crippen molar-refractivity contribution < 1.29 is 14.3 Å². The van der Waals surface area contributed by atoms with Crippen molar-refractivity contribution in [1.82, 2.24) is 14.5 Å².